The van der Waals surface area contributed by atoms with Gasteiger partial charge in [-0.25, -0.2) is 0 Å². The van der Waals surface area contributed by atoms with Crippen molar-refractivity contribution in [3.63, 3.8) is 0 Å². The molecule has 0 bridgehead atoms. The third-order valence-electron chi connectivity index (χ3n) is 5.27. The number of benzene rings is 2. The molecule has 0 saturated heterocycles. The Hall–Kier alpha value is -2.62. The van der Waals surface area contributed by atoms with Crippen LogP contribution in [-0.2, 0) is 16.1 Å². The summed E-state index contributed by atoms with van der Waals surface area (Å²) >= 11 is 0. The minimum Gasteiger partial charge on any atom is -0.352 e. The third-order valence-corrected chi connectivity index (χ3v) is 5.27. The third kappa shape index (κ3) is 5.43. The maximum Gasteiger partial charge on any atom is 0.227 e. The van der Waals surface area contributed by atoms with Crippen LogP contribution in [0.3, 0.4) is 0 Å². The summed E-state index contributed by atoms with van der Waals surface area (Å²) in [4.78, 5) is 25.0. The van der Waals surface area contributed by atoms with Crippen LogP contribution >= 0.6 is 0 Å². The molecule has 27 heavy (non-hydrogen) atoms. The summed E-state index contributed by atoms with van der Waals surface area (Å²) in [5, 5.41) is 6.07. The van der Waals surface area contributed by atoms with Crippen molar-refractivity contribution in [1.29, 1.82) is 0 Å². The molecule has 0 radical (unpaired) electrons. The summed E-state index contributed by atoms with van der Waals surface area (Å²) in [5.74, 6) is 0.179. The van der Waals surface area contributed by atoms with E-state index in [0.29, 0.717) is 6.54 Å². The van der Waals surface area contributed by atoms with Crippen molar-refractivity contribution in [3.05, 3.63) is 65.2 Å². The van der Waals surface area contributed by atoms with Crippen LogP contribution in [-0.4, -0.2) is 11.8 Å². The highest BCUT2D eigenvalue weighted by atomic mass is 16.2. The Morgan fingerprint density at radius 3 is 2.00 bits per heavy atom. The van der Waals surface area contributed by atoms with Gasteiger partial charge in [-0.3, -0.25) is 9.59 Å². The van der Waals surface area contributed by atoms with Crippen molar-refractivity contribution in [2.24, 2.45) is 11.8 Å². The topological polar surface area (TPSA) is 58.2 Å². The molecular formula is C23H28N2O2. The lowest BCUT2D eigenvalue weighted by atomic mass is 9.81. The smallest absolute Gasteiger partial charge is 0.227 e. The van der Waals surface area contributed by atoms with E-state index in [1.54, 1.807) is 0 Å². The van der Waals surface area contributed by atoms with Gasteiger partial charge in [0.15, 0.2) is 0 Å². The molecule has 0 spiro atoms. The monoisotopic (exact) mass is 364 g/mol. The molecule has 2 aromatic carbocycles. The van der Waals surface area contributed by atoms with Gasteiger partial charge in [-0.05, 0) is 68.4 Å². The van der Waals surface area contributed by atoms with E-state index in [1.807, 2.05) is 56.3 Å². The highest BCUT2D eigenvalue weighted by Crippen LogP contribution is 2.30. The molecule has 4 heteroatoms. The average Bonchev–Trinajstić information content (AvgIpc) is 2.66. The Morgan fingerprint density at radius 2 is 1.41 bits per heavy atom. The maximum atomic E-state index is 12.6. The number of rotatable bonds is 5. The average molecular weight is 364 g/mol. The van der Waals surface area contributed by atoms with Crippen molar-refractivity contribution in [3.8, 4) is 0 Å². The number of carbonyl (C=O) groups is 2. The molecule has 4 nitrogen and oxygen atoms in total. The molecule has 1 fully saturated rings. The van der Waals surface area contributed by atoms with Gasteiger partial charge >= 0.3 is 0 Å². The second-order valence-corrected chi connectivity index (χ2v) is 7.62. The molecule has 1 aliphatic carbocycles. The Kier molecular flexibility index (Phi) is 6.28. The second kappa shape index (κ2) is 8.85. The first-order valence-corrected chi connectivity index (χ1v) is 9.72. The molecular weight excluding hydrogens is 336 g/mol. The van der Waals surface area contributed by atoms with Crippen molar-refractivity contribution >= 4 is 17.5 Å². The van der Waals surface area contributed by atoms with E-state index in [-0.39, 0.29) is 23.7 Å². The van der Waals surface area contributed by atoms with E-state index in [4.69, 9.17) is 0 Å². The summed E-state index contributed by atoms with van der Waals surface area (Å²) in [6.45, 7) is 4.62. The van der Waals surface area contributed by atoms with Crippen LogP contribution in [0.2, 0.25) is 0 Å². The summed E-state index contributed by atoms with van der Waals surface area (Å²) in [7, 11) is 0. The van der Waals surface area contributed by atoms with Gasteiger partial charge < -0.3 is 10.6 Å². The van der Waals surface area contributed by atoms with Crippen molar-refractivity contribution in [2.45, 2.75) is 46.1 Å². The molecule has 0 unspecified atom stereocenters. The van der Waals surface area contributed by atoms with Crippen molar-refractivity contribution in [2.75, 3.05) is 5.32 Å². The Labute approximate surface area is 161 Å². The molecule has 2 N–H and O–H groups in total. The number of carbonyl (C=O) groups excluding carboxylic acids is 2. The fourth-order valence-corrected chi connectivity index (χ4v) is 3.84. The molecule has 2 aromatic rings. The van der Waals surface area contributed by atoms with Crippen LogP contribution in [0.15, 0.2) is 48.5 Å². The molecule has 3 rings (SSSR count). The van der Waals surface area contributed by atoms with E-state index in [0.717, 1.165) is 48.1 Å². The molecule has 2 amide bonds. The number of nitrogens with one attached hydrogen (secondary N) is 2. The molecule has 0 heterocycles. The number of aryl methyl sites for hydroxylation is 2. The fourth-order valence-electron chi connectivity index (χ4n) is 3.84. The zero-order chi connectivity index (χ0) is 19.2. The summed E-state index contributed by atoms with van der Waals surface area (Å²) < 4.78 is 0. The molecule has 1 saturated carbocycles. The quantitative estimate of drug-likeness (QED) is 0.828. The number of hydrogen-bond donors (Lipinski definition) is 2. The van der Waals surface area contributed by atoms with E-state index in [2.05, 4.69) is 16.7 Å². The highest BCUT2D eigenvalue weighted by molar-refractivity contribution is 5.93. The first-order chi connectivity index (χ1) is 13.0. The van der Waals surface area contributed by atoms with Gasteiger partial charge in [-0.1, -0.05) is 36.4 Å². The van der Waals surface area contributed by atoms with Crippen LogP contribution in [0, 0.1) is 25.7 Å². The van der Waals surface area contributed by atoms with E-state index >= 15 is 0 Å². The normalized spacial score (nSPS) is 19.3. The molecule has 1 aliphatic rings. The zero-order valence-electron chi connectivity index (χ0n) is 16.1. The SMILES string of the molecule is Cc1cc(C)cc(NC(=O)C2CCC(C(=O)NCc3ccccc3)CC2)c1. The molecule has 142 valence electrons. The lowest BCUT2D eigenvalue weighted by Gasteiger charge is -2.27. The van der Waals surface area contributed by atoms with Crippen molar-refractivity contribution in [1.82, 2.24) is 5.32 Å². The Balaban J connectivity index is 1.46. The van der Waals surface area contributed by atoms with Gasteiger partial charge in [0.05, 0.1) is 0 Å². The first kappa shape index (κ1) is 19.2. The molecule has 0 atom stereocenters. The predicted molar refractivity (Wildman–Crippen MR) is 108 cm³/mol. The Morgan fingerprint density at radius 1 is 0.852 bits per heavy atom. The van der Waals surface area contributed by atoms with Crippen LogP contribution in [0.5, 0.6) is 0 Å². The van der Waals surface area contributed by atoms with Gasteiger partial charge in [0.2, 0.25) is 11.8 Å². The van der Waals surface area contributed by atoms with E-state index in [9.17, 15) is 9.59 Å². The summed E-state index contributed by atoms with van der Waals surface area (Å²) in [6, 6.07) is 16.0. The standard InChI is InChI=1S/C23H28N2O2/c1-16-12-17(2)14-21(13-16)25-23(27)20-10-8-19(9-11-20)22(26)24-15-18-6-4-3-5-7-18/h3-7,12-14,19-20H,8-11,15H2,1-2H3,(H,24,26)(H,25,27). The van der Waals surface area contributed by atoms with E-state index < -0.39 is 0 Å². The Bertz CT molecular complexity index is 773. The van der Waals surface area contributed by atoms with Gasteiger partial charge in [0, 0.05) is 24.1 Å². The minimum atomic E-state index is -0.0102. The first-order valence-electron chi connectivity index (χ1n) is 9.72. The largest absolute Gasteiger partial charge is 0.352 e. The molecule has 0 aliphatic heterocycles. The lowest BCUT2D eigenvalue weighted by Crippen LogP contribution is -2.35. The number of anilines is 1. The van der Waals surface area contributed by atoms with Crippen molar-refractivity contribution < 1.29 is 9.59 Å². The number of amides is 2. The van der Waals surface area contributed by atoms with E-state index in [1.165, 1.54) is 0 Å². The van der Waals surface area contributed by atoms with Crippen LogP contribution in [0.25, 0.3) is 0 Å². The van der Waals surface area contributed by atoms with Gasteiger partial charge in [-0.2, -0.15) is 0 Å². The maximum absolute atomic E-state index is 12.6. The zero-order valence-corrected chi connectivity index (χ0v) is 16.1. The van der Waals surface area contributed by atoms with Gasteiger partial charge in [0.25, 0.3) is 0 Å². The van der Waals surface area contributed by atoms with Crippen LogP contribution in [0.4, 0.5) is 5.69 Å². The summed E-state index contributed by atoms with van der Waals surface area (Å²) in [6.07, 6.45) is 3.07. The predicted octanol–water partition coefficient (Wildman–Crippen LogP) is 4.36. The highest BCUT2D eigenvalue weighted by Gasteiger charge is 2.29. The van der Waals surface area contributed by atoms with Gasteiger partial charge in [0.1, 0.15) is 0 Å². The number of hydrogen-bond acceptors (Lipinski definition) is 2. The molecule has 0 aromatic heterocycles. The van der Waals surface area contributed by atoms with Gasteiger partial charge in [-0.15, -0.1) is 0 Å². The van der Waals surface area contributed by atoms with Crippen LogP contribution < -0.4 is 10.6 Å². The lowest BCUT2D eigenvalue weighted by molar-refractivity contribution is -0.128. The minimum absolute atomic E-state index is 0.0102. The second-order valence-electron chi connectivity index (χ2n) is 7.62. The summed E-state index contributed by atoms with van der Waals surface area (Å²) in [5.41, 5.74) is 4.25. The van der Waals surface area contributed by atoms with Crippen LogP contribution in [0.1, 0.15) is 42.4 Å². The fraction of sp³-hybridized carbons (Fsp3) is 0.391.